The maximum atomic E-state index is 13.2. The normalized spacial score (nSPS) is 19.4. The molecule has 0 spiro atoms. The van der Waals surface area contributed by atoms with E-state index in [1.807, 2.05) is 31.7 Å². The number of hydrogen-bond acceptors (Lipinski definition) is 4. The number of fused-ring (bicyclic) bond motifs is 2. The number of rotatable bonds is 4. The van der Waals surface area contributed by atoms with Crippen molar-refractivity contribution in [3.63, 3.8) is 0 Å². The fourth-order valence-corrected chi connectivity index (χ4v) is 4.59. The number of amides is 2. The van der Waals surface area contributed by atoms with Crippen molar-refractivity contribution in [2.24, 2.45) is 5.92 Å². The number of carbonyl (C=O) groups excluding carboxylic acids is 2. The highest BCUT2D eigenvalue weighted by molar-refractivity contribution is 5.78. The Balaban J connectivity index is 1.61. The van der Waals surface area contributed by atoms with E-state index in [0.29, 0.717) is 43.7 Å². The van der Waals surface area contributed by atoms with E-state index in [1.165, 1.54) is 4.52 Å². The van der Waals surface area contributed by atoms with Crippen molar-refractivity contribution < 1.29 is 9.59 Å². The van der Waals surface area contributed by atoms with Crippen molar-refractivity contribution in [2.45, 2.75) is 65.3 Å². The summed E-state index contributed by atoms with van der Waals surface area (Å²) in [4.78, 5) is 46.3. The van der Waals surface area contributed by atoms with Gasteiger partial charge in [-0.05, 0) is 19.3 Å². The van der Waals surface area contributed by atoms with E-state index >= 15 is 0 Å². The molecule has 1 fully saturated rings. The van der Waals surface area contributed by atoms with E-state index in [1.54, 1.807) is 4.90 Å². The lowest BCUT2D eigenvalue weighted by Crippen LogP contribution is -2.42. The van der Waals surface area contributed by atoms with E-state index in [4.69, 9.17) is 4.98 Å². The summed E-state index contributed by atoms with van der Waals surface area (Å²) in [6, 6.07) is 1.95. The average Bonchev–Trinajstić information content (AvgIpc) is 3.18. The fourth-order valence-electron chi connectivity index (χ4n) is 4.59. The van der Waals surface area contributed by atoms with Crippen LogP contribution in [0.2, 0.25) is 0 Å². The molecule has 8 nitrogen and oxygen atoms in total. The van der Waals surface area contributed by atoms with Crippen molar-refractivity contribution in [3.8, 4) is 0 Å². The molecule has 2 aliphatic heterocycles. The molecule has 1 N–H and O–H groups in total. The number of hydrogen-bond donors (Lipinski definition) is 1. The second-order valence-corrected chi connectivity index (χ2v) is 8.84. The van der Waals surface area contributed by atoms with Crippen LogP contribution in [0, 0.1) is 5.92 Å². The van der Waals surface area contributed by atoms with Crippen LogP contribution in [0.15, 0.2) is 10.9 Å². The first-order chi connectivity index (χ1) is 14.4. The molecule has 1 saturated heterocycles. The number of aromatic nitrogens is 3. The van der Waals surface area contributed by atoms with Gasteiger partial charge in [0.15, 0.2) is 5.65 Å². The van der Waals surface area contributed by atoms with Gasteiger partial charge in [0.1, 0.15) is 0 Å². The maximum absolute atomic E-state index is 13.2. The standard InChI is InChI=1S/C22H31N5O3/c1-4-6-20(28)25-9-5-7-15(12-25)18-11-19-23-17-8-10-26(21(29)14(2)3)13-16(17)22(30)27(19)24-18/h11,14-15,24H,4-10,12-13H2,1-3H3. The molecule has 0 saturated carbocycles. The number of nitrogens with zero attached hydrogens (tertiary/aromatic N) is 4. The zero-order valence-electron chi connectivity index (χ0n) is 18.1. The summed E-state index contributed by atoms with van der Waals surface area (Å²) in [5, 5.41) is 3.24. The molecular formula is C22H31N5O3. The first kappa shape index (κ1) is 20.6. The second-order valence-electron chi connectivity index (χ2n) is 8.84. The summed E-state index contributed by atoms with van der Waals surface area (Å²) in [6.45, 7) is 8.18. The topological polar surface area (TPSA) is 90.8 Å². The van der Waals surface area contributed by atoms with Crippen LogP contribution in [-0.4, -0.2) is 55.8 Å². The Morgan fingerprint density at radius 3 is 2.80 bits per heavy atom. The molecule has 8 heteroatoms. The molecule has 1 atom stereocenters. The van der Waals surface area contributed by atoms with Gasteiger partial charge in [-0.25, -0.2) is 9.50 Å². The van der Waals surface area contributed by atoms with Gasteiger partial charge in [0.05, 0.1) is 17.8 Å². The molecule has 0 radical (unpaired) electrons. The first-order valence-corrected chi connectivity index (χ1v) is 11.1. The Morgan fingerprint density at radius 2 is 2.07 bits per heavy atom. The lowest BCUT2D eigenvalue weighted by Gasteiger charge is -2.32. The Kier molecular flexibility index (Phi) is 5.66. The van der Waals surface area contributed by atoms with Gasteiger partial charge < -0.3 is 9.80 Å². The summed E-state index contributed by atoms with van der Waals surface area (Å²) in [6.07, 6.45) is 3.98. The molecule has 4 heterocycles. The van der Waals surface area contributed by atoms with Gasteiger partial charge in [-0.3, -0.25) is 19.5 Å². The highest BCUT2D eigenvalue weighted by Gasteiger charge is 2.29. The summed E-state index contributed by atoms with van der Waals surface area (Å²) in [7, 11) is 0. The van der Waals surface area contributed by atoms with Gasteiger partial charge in [0.2, 0.25) is 11.8 Å². The lowest BCUT2D eigenvalue weighted by atomic mass is 9.94. The monoisotopic (exact) mass is 413 g/mol. The Bertz CT molecular complexity index is 1020. The third-order valence-electron chi connectivity index (χ3n) is 6.26. The maximum Gasteiger partial charge on any atom is 0.277 e. The number of nitrogens with one attached hydrogen (secondary N) is 1. The zero-order chi connectivity index (χ0) is 21.4. The van der Waals surface area contributed by atoms with Crippen molar-refractivity contribution in [3.05, 3.63) is 33.4 Å². The largest absolute Gasteiger partial charge is 0.342 e. The van der Waals surface area contributed by atoms with Crippen molar-refractivity contribution in [2.75, 3.05) is 19.6 Å². The number of piperidine rings is 1. The molecule has 0 aromatic carbocycles. The molecular weight excluding hydrogens is 382 g/mol. The zero-order valence-corrected chi connectivity index (χ0v) is 18.1. The van der Waals surface area contributed by atoms with Crippen LogP contribution in [0.3, 0.4) is 0 Å². The van der Waals surface area contributed by atoms with Gasteiger partial charge >= 0.3 is 0 Å². The van der Waals surface area contributed by atoms with Crippen LogP contribution in [-0.2, 0) is 22.6 Å². The number of H-pyrrole nitrogens is 1. The highest BCUT2D eigenvalue weighted by Crippen LogP contribution is 2.27. The van der Waals surface area contributed by atoms with Crippen LogP contribution in [0.5, 0.6) is 0 Å². The van der Waals surface area contributed by atoms with Crippen LogP contribution >= 0.6 is 0 Å². The van der Waals surface area contributed by atoms with Crippen LogP contribution in [0.25, 0.3) is 5.65 Å². The van der Waals surface area contributed by atoms with E-state index in [-0.39, 0.29) is 29.2 Å². The third kappa shape index (κ3) is 3.75. The molecule has 2 aromatic rings. The second kappa shape index (κ2) is 8.24. The molecule has 1 unspecified atom stereocenters. The van der Waals surface area contributed by atoms with Gasteiger partial charge in [-0.1, -0.05) is 20.8 Å². The summed E-state index contributed by atoms with van der Waals surface area (Å²) < 4.78 is 1.50. The van der Waals surface area contributed by atoms with E-state index < -0.39 is 0 Å². The minimum absolute atomic E-state index is 0.0661. The summed E-state index contributed by atoms with van der Waals surface area (Å²) in [5.74, 6) is 0.361. The average molecular weight is 414 g/mol. The molecule has 0 bridgehead atoms. The van der Waals surface area contributed by atoms with Crippen LogP contribution in [0.1, 0.15) is 69.3 Å². The third-order valence-corrected chi connectivity index (χ3v) is 6.26. The molecule has 2 amide bonds. The Hall–Kier alpha value is -2.64. The van der Waals surface area contributed by atoms with Crippen molar-refractivity contribution in [1.29, 1.82) is 0 Å². The van der Waals surface area contributed by atoms with Crippen LogP contribution in [0.4, 0.5) is 0 Å². The van der Waals surface area contributed by atoms with Crippen molar-refractivity contribution in [1.82, 2.24) is 24.4 Å². The van der Waals surface area contributed by atoms with E-state index in [2.05, 4.69) is 5.10 Å². The molecule has 30 heavy (non-hydrogen) atoms. The SMILES string of the molecule is CCCC(=O)N1CCCC(c2cc3nc4c(c(=O)n3[nH]2)CN(C(=O)C(C)C)CC4)C1. The van der Waals surface area contributed by atoms with E-state index in [9.17, 15) is 14.4 Å². The smallest absolute Gasteiger partial charge is 0.277 e. The minimum Gasteiger partial charge on any atom is -0.342 e. The first-order valence-electron chi connectivity index (χ1n) is 11.1. The minimum atomic E-state index is -0.128. The Morgan fingerprint density at radius 1 is 1.27 bits per heavy atom. The van der Waals surface area contributed by atoms with Gasteiger partial charge in [0.25, 0.3) is 5.56 Å². The molecule has 162 valence electrons. The number of carbonyl (C=O) groups is 2. The summed E-state index contributed by atoms with van der Waals surface area (Å²) in [5.41, 5.74) is 2.84. The Labute approximate surface area is 176 Å². The van der Waals surface area contributed by atoms with Gasteiger partial charge in [-0.2, -0.15) is 0 Å². The van der Waals surface area contributed by atoms with E-state index in [0.717, 1.165) is 37.2 Å². The number of likely N-dealkylation sites (tertiary alicyclic amines) is 1. The highest BCUT2D eigenvalue weighted by atomic mass is 16.2. The predicted octanol–water partition coefficient (Wildman–Crippen LogP) is 2.07. The molecule has 2 aromatic heterocycles. The fraction of sp³-hybridized carbons (Fsp3) is 0.636. The lowest BCUT2D eigenvalue weighted by molar-refractivity contribution is -0.135. The van der Waals surface area contributed by atoms with Crippen molar-refractivity contribution >= 4 is 17.5 Å². The van der Waals surface area contributed by atoms with Crippen LogP contribution < -0.4 is 5.56 Å². The number of aromatic amines is 1. The molecule has 4 rings (SSSR count). The predicted molar refractivity (Wildman–Crippen MR) is 113 cm³/mol. The quantitative estimate of drug-likeness (QED) is 0.831. The van der Waals surface area contributed by atoms with Gasteiger partial charge in [-0.15, -0.1) is 0 Å². The molecule has 0 aliphatic carbocycles. The van der Waals surface area contributed by atoms with Gasteiger partial charge in [0, 0.05) is 56.1 Å². The summed E-state index contributed by atoms with van der Waals surface area (Å²) >= 11 is 0. The molecule has 2 aliphatic rings.